The number of carbonyl (C=O) groups is 2. The van der Waals surface area contributed by atoms with Crippen LogP contribution in [0.3, 0.4) is 0 Å². The highest BCUT2D eigenvalue weighted by molar-refractivity contribution is 5.93. The summed E-state index contributed by atoms with van der Waals surface area (Å²) in [6, 6.07) is 0. The maximum Gasteiger partial charge on any atom is 0.139 e. The van der Waals surface area contributed by atoms with E-state index in [1.807, 2.05) is 0 Å². The minimum absolute atomic E-state index is 0.0554. The number of hydrogen-bond acceptors (Lipinski definition) is 5. The lowest BCUT2D eigenvalue weighted by Gasteiger charge is -2.58. The first-order chi connectivity index (χ1) is 12.4. The lowest BCUT2D eigenvalue weighted by Crippen LogP contribution is -2.56. The van der Waals surface area contributed by atoms with Crippen molar-refractivity contribution < 1.29 is 14.4 Å². The number of hydrogen-bond donors (Lipinski definition) is 1. The molecular weight excluding hydrogens is 328 g/mol. The average Bonchev–Trinajstić information content (AvgIpc) is 2.92. The fourth-order valence-corrected chi connectivity index (χ4v) is 6.89. The lowest BCUT2D eigenvalue weighted by atomic mass is 9.45. The van der Waals surface area contributed by atoms with Crippen LogP contribution in [0.5, 0.6) is 0 Å². The summed E-state index contributed by atoms with van der Waals surface area (Å²) in [5.74, 6) is 2.29. The van der Waals surface area contributed by atoms with E-state index in [-0.39, 0.29) is 16.7 Å². The summed E-state index contributed by atoms with van der Waals surface area (Å²) in [6.07, 6.45) is 7.13. The van der Waals surface area contributed by atoms with Gasteiger partial charge in [-0.15, -0.1) is 0 Å². The Morgan fingerprint density at radius 3 is 2.69 bits per heavy atom. The highest BCUT2D eigenvalue weighted by atomic mass is 16.6. The zero-order valence-corrected chi connectivity index (χ0v) is 16.1. The predicted octanol–water partition coefficient (Wildman–Crippen LogP) is 3.11. The Morgan fingerprint density at radius 2 is 1.92 bits per heavy atom. The van der Waals surface area contributed by atoms with E-state index in [4.69, 9.17) is 10.6 Å². The third-order valence-electron chi connectivity index (χ3n) is 8.41. The van der Waals surface area contributed by atoms with Crippen LogP contribution in [0.2, 0.25) is 0 Å². The zero-order chi connectivity index (χ0) is 18.5. The Bertz CT molecular complexity index is 645. The van der Waals surface area contributed by atoms with E-state index in [0.717, 1.165) is 44.2 Å². The fraction of sp³-hybridized carbons (Fsp3) is 0.857. The van der Waals surface area contributed by atoms with Gasteiger partial charge in [0.05, 0.1) is 5.71 Å². The van der Waals surface area contributed by atoms with E-state index in [1.54, 1.807) is 0 Å². The molecule has 5 heteroatoms. The van der Waals surface area contributed by atoms with Gasteiger partial charge in [-0.05, 0) is 61.7 Å². The molecule has 0 amide bonds. The smallest absolute Gasteiger partial charge is 0.139 e. The molecule has 0 bridgehead atoms. The summed E-state index contributed by atoms with van der Waals surface area (Å²) in [5.41, 5.74) is 6.37. The van der Waals surface area contributed by atoms with Gasteiger partial charge in [-0.1, -0.05) is 19.0 Å². The van der Waals surface area contributed by atoms with Crippen molar-refractivity contribution in [2.75, 3.05) is 13.2 Å². The molecule has 0 radical (unpaired) electrons. The topological polar surface area (TPSA) is 81.8 Å². The Morgan fingerprint density at radius 1 is 1.12 bits per heavy atom. The molecule has 0 aromatic carbocycles. The summed E-state index contributed by atoms with van der Waals surface area (Å²) in [6.45, 7) is 5.39. The van der Waals surface area contributed by atoms with Crippen molar-refractivity contribution in [3.8, 4) is 0 Å². The van der Waals surface area contributed by atoms with Crippen molar-refractivity contribution in [1.29, 1.82) is 0 Å². The van der Waals surface area contributed by atoms with Gasteiger partial charge in [0.25, 0.3) is 0 Å². The predicted molar refractivity (Wildman–Crippen MR) is 99.6 cm³/mol. The summed E-state index contributed by atoms with van der Waals surface area (Å²) >= 11 is 0. The Kier molecular flexibility index (Phi) is 4.49. The van der Waals surface area contributed by atoms with E-state index in [2.05, 4.69) is 19.0 Å². The van der Waals surface area contributed by atoms with Gasteiger partial charge in [0.15, 0.2) is 0 Å². The van der Waals surface area contributed by atoms with Crippen molar-refractivity contribution in [2.24, 2.45) is 45.4 Å². The van der Waals surface area contributed by atoms with E-state index < -0.39 is 0 Å². The number of nitrogens with zero attached hydrogens (tertiary/aromatic N) is 1. The van der Waals surface area contributed by atoms with E-state index in [9.17, 15) is 9.59 Å². The third kappa shape index (κ3) is 2.57. The second-order valence-corrected chi connectivity index (χ2v) is 9.51. The van der Waals surface area contributed by atoms with Crippen LogP contribution in [0.15, 0.2) is 5.16 Å². The molecule has 0 aromatic heterocycles. The molecule has 26 heavy (non-hydrogen) atoms. The summed E-state index contributed by atoms with van der Waals surface area (Å²) in [5, 5.41) is 4.25. The monoisotopic (exact) mass is 360 g/mol. The molecule has 0 aliphatic heterocycles. The summed E-state index contributed by atoms with van der Waals surface area (Å²) in [4.78, 5) is 30.9. The fourth-order valence-electron chi connectivity index (χ4n) is 6.89. The zero-order valence-electron chi connectivity index (χ0n) is 16.1. The molecule has 0 aromatic rings. The summed E-state index contributed by atoms with van der Waals surface area (Å²) in [7, 11) is 0. The SMILES string of the molecule is CC12CCC3C(CC(=O)[C@H]4C/C(=N\OCCN)CC[C@]34C)C1CCC2=O. The molecule has 2 N–H and O–H groups in total. The van der Waals surface area contributed by atoms with Gasteiger partial charge < -0.3 is 10.6 Å². The molecule has 6 atom stereocenters. The van der Waals surface area contributed by atoms with Gasteiger partial charge in [-0.3, -0.25) is 9.59 Å². The van der Waals surface area contributed by atoms with E-state index >= 15 is 0 Å². The molecule has 4 unspecified atom stereocenters. The van der Waals surface area contributed by atoms with E-state index in [0.29, 0.717) is 55.3 Å². The number of carbonyl (C=O) groups excluding carboxylic acids is 2. The number of Topliss-reactive ketones (excluding diaryl/α,β-unsaturated/α-hetero) is 2. The molecule has 4 saturated carbocycles. The maximum absolute atomic E-state index is 13.1. The minimum Gasteiger partial charge on any atom is -0.395 e. The van der Waals surface area contributed by atoms with Gasteiger partial charge in [0, 0.05) is 30.7 Å². The first-order valence-corrected chi connectivity index (χ1v) is 10.3. The molecule has 4 fully saturated rings. The Labute approximate surface area is 156 Å². The Balaban J connectivity index is 1.57. The van der Waals surface area contributed by atoms with Crippen LogP contribution >= 0.6 is 0 Å². The molecule has 4 aliphatic rings. The number of rotatable bonds is 3. The normalized spacial score (nSPS) is 46.7. The van der Waals surface area contributed by atoms with Crippen LogP contribution in [0.1, 0.15) is 65.2 Å². The maximum atomic E-state index is 13.1. The second kappa shape index (κ2) is 6.43. The molecular formula is C21H32N2O3. The van der Waals surface area contributed by atoms with Crippen LogP contribution < -0.4 is 5.73 Å². The standard InChI is InChI=1S/C21H32N2O3/c1-20-7-5-13(23-26-10-9-22)11-17(20)18(24)12-14-15-3-4-19(25)21(15,2)8-6-16(14)20/h14-17H,3-12,22H2,1-2H3/b23-13-/t14?,15?,16?,17-,20-,21?/m1/s1. The molecule has 4 aliphatic carbocycles. The number of fused-ring (bicyclic) bond motifs is 5. The molecule has 4 rings (SSSR count). The van der Waals surface area contributed by atoms with Gasteiger partial charge in [-0.2, -0.15) is 0 Å². The molecule has 0 spiro atoms. The molecule has 0 saturated heterocycles. The van der Waals surface area contributed by atoms with Crippen molar-refractivity contribution in [1.82, 2.24) is 0 Å². The van der Waals surface area contributed by atoms with Gasteiger partial charge in [-0.25, -0.2) is 0 Å². The van der Waals surface area contributed by atoms with Crippen molar-refractivity contribution in [3.05, 3.63) is 0 Å². The lowest BCUT2D eigenvalue weighted by molar-refractivity contribution is -0.152. The number of oxime groups is 1. The number of nitrogens with two attached hydrogens (primary N) is 1. The van der Waals surface area contributed by atoms with Crippen molar-refractivity contribution >= 4 is 17.3 Å². The minimum atomic E-state index is -0.165. The van der Waals surface area contributed by atoms with Crippen molar-refractivity contribution in [2.45, 2.75) is 65.2 Å². The van der Waals surface area contributed by atoms with Crippen LogP contribution in [0.25, 0.3) is 0 Å². The number of ketones is 2. The largest absolute Gasteiger partial charge is 0.395 e. The second-order valence-electron chi connectivity index (χ2n) is 9.51. The molecule has 5 nitrogen and oxygen atoms in total. The average molecular weight is 360 g/mol. The highest BCUT2D eigenvalue weighted by Gasteiger charge is 2.62. The Hall–Kier alpha value is -1.23. The van der Waals surface area contributed by atoms with Crippen LogP contribution in [0, 0.1) is 34.5 Å². The third-order valence-corrected chi connectivity index (χ3v) is 8.41. The van der Waals surface area contributed by atoms with Gasteiger partial charge in [0.1, 0.15) is 18.2 Å². The van der Waals surface area contributed by atoms with Gasteiger partial charge >= 0.3 is 0 Å². The van der Waals surface area contributed by atoms with Crippen LogP contribution in [0.4, 0.5) is 0 Å². The highest BCUT2D eigenvalue weighted by Crippen LogP contribution is 2.64. The van der Waals surface area contributed by atoms with Crippen LogP contribution in [-0.2, 0) is 14.4 Å². The first kappa shape index (κ1) is 18.1. The van der Waals surface area contributed by atoms with Gasteiger partial charge in [0.2, 0.25) is 0 Å². The van der Waals surface area contributed by atoms with Crippen LogP contribution in [-0.4, -0.2) is 30.4 Å². The van der Waals surface area contributed by atoms with E-state index in [1.165, 1.54) is 0 Å². The molecule has 144 valence electrons. The first-order valence-electron chi connectivity index (χ1n) is 10.3. The molecule has 0 heterocycles. The summed E-state index contributed by atoms with van der Waals surface area (Å²) < 4.78 is 0. The quantitative estimate of drug-likeness (QED) is 0.619. The van der Waals surface area contributed by atoms with Crippen molar-refractivity contribution in [3.63, 3.8) is 0 Å².